The van der Waals surface area contributed by atoms with Crippen LogP contribution in [0.15, 0.2) is 47.6 Å². The zero-order chi connectivity index (χ0) is 18.7. The SMILES string of the molecule is Cc1cccc(C)c1-n1nnnc1S[C@@H](C)C(=O)Nc1ccc(Cl)cc1. The normalized spacial score (nSPS) is 12.0. The lowest BCUT2D eigenvalue weighted by Gasteiger charge is -2.13. The first-order chi connectivity index (χ1) is 12.5. The maximum atomic E-state index is 12.5. The molecular weight excluding hydrogens is 370 g/mol. The van der Waals surface area contributed by atoms with E-state index < -0.39 is 0 Å². The van der Waals surface area contributed by atoms with E-state index in [0.29, 0.717) is 15.9 Å². The number of carbonyl (C=O) groups is 1. The molecule has 0 aliphatic heterocycles. The number of halogens is 1. The molecule has 0 aliphatic carbocycles. The van der Waals surface area contributed by atoms with E-state index >= 15 is 0 Å². The van der Waals surface area contributed by atoms with Crippen LogP contribution in [-0.4, -0.2) is 31.4 Å². The highest BCUT2D eigenvalue weighted by atomic mass is 35.5. The lowest BCUT2D eigenvalue weighted by Crippen LogP contribution is -2.23. The molecule has 8 heteroatoms. The average molecular weight is 388 g/mol. The van der Waals surface area contributed by atoms with Gasteiger partial charge in [0.25, 0.3) is 0 Å². The van der Waals surface area contributed by atoms with Crippen LogP contribution >= 0.6 is 23.4 Å². The van der Waals surface area contributed by atoms with Gasteiger partial charge in [-0.15, -0.1) is 5.10 Å². The molecule has 0 fully saturated rings. The van der Waals surface area contributed by atoms with Crippen LogP contribution in [0, 0.1) is 13.8 Å². The summed E-state index contributed by atoms with van der Waals surface area (Å²) in [5.74, 6) is -0.131. The number of aryl methyl sites for hydroxylation is 2. The lowest BCUT2D eigenvalue weighted by atomic mass is 10.1. The number of anilines is 1. The Kier molecular flexibility index (Phi) is 5.58. The first-order valence-electron chi connectivity index (χ1n) is 8.04. The number of nitrogens with zero attached hydrogens (tertiary/aromatic N) is 4. The fourth-order valence-corrected chi connectivity index (χ4v) is 3.44. The summed E-state index contributed by atoms with van der Waals surface area (Å²) < 4.78 is 1.68. The molecule has 0 bridgehead atoms. The van der Waals surface area contributed by atoms with Crippen molar-refractivity contribution in [1.29, 1.82) is 0 Å². The van der Waals surface area contributed by atoms with Crippen molar-refractivity contribution in [3.05, 3.63) is 58.6 Å². The zero-order valence-electron chi connectivity index (χ0n) is 14.6. The summed E-state index contributed by atoms with van der Waals surface area (Å²) in [7, 11) is 0. The highest BCUT2D eigenvalue weighted by molar-refractivity contribution is 8.00. The highest BCUT2D eigenvalue weighted by Crippen LogP contribution is 2.27. The molecule has 1 heterocycles. The summed E-state index contributed by atoms with van der Waals surface area (Å²) in [6.45, 7) is 5.84. The van der Waals surface area contributed by atoms with Crippen LogP contribution in [0.4, 0.5) is 5.69 Å². The molecule has 1 amide bonds. The van der Waals surface area contributed by atoms with Gasteiger partial charge in [-0.25, -0.2) is 0 Å². The van der Waals surface area contributed by atoms with Gasteiger partial charge in [-0.1, -0.05) is 41.6 Å². The number of tetrazole rings is 1. The maximum Gasteiger partial charge on any atom is 0.237 e. The van der Waals surface area contributed by atoms with Gasteiger partial charge in [0.05, 0.1) is 10.9 Å². The number of thioether (sulfide) groups is 1. The van der Waals surface area contributed by atoms with Crippen molar-refractivity contribution in [3.63, 3.8) is 0 Å². The van der Waals surface area contributed by atoms with Gasteiger partial charge in [-0.3, -0.25) is 4.79 Å². The van der Waals surface area contributed by atoms with E-state index in [4.69, 9.17) is 11.6 Å². The molecular formula is C18H18ClN5OS. The van der Waals surface area contributed by atoms with Crippen LogP contribution in [0.3, 0.4) is 0 Å². The van der Waals surface area contributed by atoms with E-state index in [1.807, 2.05) is 39.0 Å². The Morgan fingerprint density at radius 1 is 1.15 bits per heavy atom. The van der Waals surface area contributed by atoms with Crippen molar-refractivity contribution in [2.75, 3.05) is 5.32 Å². The van der Waals surface area contributed by atoms with Gasteiger partial charge in [-0.05, 0) is 66.6 Å². The second kappa shape index (κ2) is 7.88. The number of benzene rings is 2. The molecule has 134 valence electrons. The van der Waals surface area contributed by atoms with Gasteiger partial charge < -0.3 is 5.32 Å². The Balaban J connectivity index is 1.76. The van der Waals surface area contributed by atoms with Gasteiger partial charge in [0.1, 0.15) is 0 Å². The zero-order valence-corrected chi connectivity index (χ0v) is 16.2. The largest absolute Gasteiger partial charge is 0.325 e. The molecule has 0 unspecified atom stereocenters. The van der Waals surface area contributed by atoms with Crippen molar-refractivity contribution in [3.8, 4) is 5.69 Å². The van der Waals surface area contributed by atoms with Crippen molar-refractivity contribution in [2.24, 2.45) is 0 Å². The molecule has 6 nitrogen and oxygen atoms in total. The summed E-state index contributed by atoms with van der Waals surface area (Å²) in [6.07, 6.45) is 0. The van der Waals surface area contributed by atoms with E-state index in [1.165, 1.54) is 11.8 Å². The third-order valence-corrected chi connectivity index (χ3v) is 5.14. The monoisotopic (exact) mass is 387 g/mol. The van der Waals surface area contributed by atoms with Crippen molar-refractivity contribution in [1.82, 2.24) is 20.2 Å². The van der Waals surface area contributed by atoms with Crippen LogP contribution < -0.4 is 5.32 Å². The molecule has 0 saturated heterocycles. The van der Waals surface area contributed by atoms with Gasteiger partial charge in [0.2, 0.25) is 11.1 Å². The molecule has 1 atom stereocenters. The van der Waals surface area contributed by atoms with E-state index in [2.05, 4.69) is 20.8 Å². The average Bonchev–Trinajstić information content (AvgIpc) is 3.04. The van der Waals surface area contributed by atoms with Gasteiger partial charge in [0, 0.05) is 10.7 Å². The number of amides is 1. The van der Waals surface area contributed by atoms with E-state index in [-0.39, 0.29) is 11.2 Å². The van der Waals surface area contributed by atoms with Gasteiger partial charge in [-0.2, -0.15) is 4.68 Å². The number of para-hydroxylation sites is 1. The minimum atomic E-state index is -0.375. The molecule has 3 aromatic rings. The van der Waals surface area contributed by atoms with Gasteiger partial charge >= 0.3 is 0 Å². The van der Waals surface area contributed by atoms with Crippen LogP contribution in [0.1, 0.15) is 18.1 Å². The fraction of sp³-hybridized carbons (Fsp3) is 0.222. The highest BCUT2D eigenvalue weighted by Gasteiger charge is 2.20. The topological polar surface area (TPSA) is 72.7 Å². The van der Waals surface area contributed by atoms with Crippen molar-refractivity contribution in [2.45, 2.75) is 31.2 Å². The third kappa shape index (κ3) is 4.05. The second-order valence-electron chi connectivity index (χ2n) is 5.87. The minimum absolute atomic E-state index is 0.131. The molecule has 0 radical (unpaired) electrons. The van der Waals surface area contributed by atoms with Crippen molar-refractivity contribution < 1.29 is 4.79 Å². The quantitative estimate of drug-likeness (QED) is 0.668. The first-order valence-corrected chi connectivity index (χ1v) is 9.29. The molecule has 2 aromatic carbocycles. The van der Waals surface area contributed by atoms with Crippen LogP contribution in [0.25, 0.3) is 5.69 Å². The van der Waals surface area contributed by atoms with E-state index in [9.17, 15) is 4.79 Å². The summed E-state index contributed by atoms with van der Waals surface area (Å²) in [4.78, 5) is 12.5. The molecule has 0 saturated carbocycles. The predicted octanol–water partition coefficient (Wildman–Crippen LogP) is 4.05. The molecule has 0 spiro atoms. The molecule has 26 heavy (non-hydrogen) atoms. The minimum Gasteiger partial charge on any atom is -0.325 e. The van der Waals surface area contributed by atoms with Crippen LogP contribution in [0.5, 0.6) is 0 Å². The number of nitrogens with one attached hydrogen (secondary N) is 1. The molecule has 3 rings (SSSR count). The van der Waals surface area contributed by atoms with Crippen LogP contribution in [-0.2, 0) is 4.79 Å². The number of hydrogen-bond donors (Lipinski definition) is 1. The van der Waals surface area contributed by atoms with Crippen molar-refractivity contribution >= 4 is 35.0 Å². The first kappa shape index (κ1) is 18.4. The Morgan fingerprint density at radius 3 is 2.46 bits per heavy atom. The van der Waals surface area contributed by atoms with E-state index in [1.54, 1.807) is 28.9 Å². The molecule has 0 aliphatic rings. The summed E-state index contributed by atoms with van der Waals surface area (Å²) >= 11 is 7.17. The number of carbonyl (C=O) groups excluding carboxylic acids is 1. The smallest absolute Gasteiger partial charge is 0.237 e. The lowest BCUT2D eigenvalue weighted by molar-refractivity contribution is -0.115. The Bertz CT molecular complexity index is 905. The predicted molar refractivity (Wildman–Crippen MR) is 104 cm³/mol. The van der Waals surface area contributed by atoms with Gasteiger partial charge in [0.15, 0.2) is 0 Å². The molecule has 1 aromatic heterocycles. The Hall–Kier alpha value is -2.38. The Labute approximate surface area is 160 Å². The Morgan fingerprint density at radius 2 is 1.81 bits per heavy atom. The standard InChI is InChI=1S/C18H18ClN5OS/c1-11-5-4-6-12(2)16(11)24-18(21-22-23-24)26-13(3)17(25)20-15-9-7-14(19)8-10-15/h4-10,13H,1-3H3,(H,20,25)/t13-/m0/s1. The van der Waals surface area contributed by atoms with E-state index in [0.717, 1.165) is 16.8 Å². The second-order valence-corrected chi connectivity index (χ2v) is 7.61. The summed E-state index contributed by atoms with van der Waals surface area (Å²) in [5.41, 5.74) is 3.77. The number of hydrogen-bond acceptors (Lipinski definition) is 5. The third-order valence-electron chi connectivity index (χ3n) is 3.86. The van der Waals surface area contributed by atoms with Crippen LogP contribution in [0.2, 0.25) is 5.02 Å². The number of aromatic nitrogens is 4. The summed E-state index contributed by atoms with van der Waals surface area (Å²) in [6, 6.07) is 13.0. The molecule has 1 N–H and O–H groups in total. The summed E-state index contributed by atoms with van der Waals surface area (Å²) in [5, 5.41) is 15.7. The number of rotatable bonds is 5. The fourth-order valence-electron chi connectivity index (χ4n) is 2.52. The maximum absolute atomic E-state index is 12.5.